The van der Waals surface area contributed by atoms with Gasteiger partial charge in [-0.1, -0.05) is 12.1 Å². The van der Waals surface area contributed by atoms with Crippen molar-refractivity contribution in [2.24, 2.45) is 0 Å². The number of alkyl carbamates (subject to hydrolysis) is 1. The van der Waals surface area contributed by atoms with Crippen LogP contribution in [-0.4, -0.2) is 17.7 Å². The lowest BCUT2D eigenvalue weighted by atomic mass is 10.0. The average molecular weight is 264 g/mol. The second kappa shape index (κ2) is 5.95. The van der Waals surface area contributed by atoms with E-state index in [1.165, 1.54) is 0 Å². The van der Waals surface area contributed by atoms with Gasteiger partial charge in [-0.15, -0.1) is 0 Å². The van der Waals surface area contributed by atoms with Gasteiger partial charge in [0, 0.05) is 11.7 Å². The summed E-state index contributed by atoms with van der Waals surface area (Å²) in [5.41, 5.74) is 8.34. The fraction of sp³-hybridized carbons (Fsp3) is 0.533. The summed E-state index contributed by atoms with van der Waals surface area (Å²) in [5.74, 6) is 0. The molecule has 1 rings (SSSR count). The van der Waals surface area contributed by atoms with Crippen LogP contribution in [0.15, 0.2) is 18.2 Å². The number of ether oxygens (including phenoxy) is 1. The van der Waals surface area contributed by atoms with Crippen molar-refractivity contribution < 1.29 is 9.53 Å². The third kappa shape index (κ3) is 5.64. The van der Waals surface area contributed by atoms with Crippen molar-refractivity contribution in [1.82, 2.24) is 5.32 Å². The number of carbonyl (C=O) groups is 1. The minimum absolute atomic E-state index is 0.00282. The molecule has 0 spiro atoms. The van der Waals surface area contributed by atoms with Gasteiger partial charge in [0.1, 0.15) is 5.60 Å². The zero-order valence-corrected chi connectivity index (χ0v) is 12.4. The zero-order chi connectivity index (χ0) is 14.6. The average Bonchev–Trinajstić information content (AvgIpc) is 2.20. The Hall–Kier alpha value is -1.71. The SMILES string of the molecule is Cc1ccc(CC(C)NC(=O)OC(C)(C)C)cc1N. The van der Waals surface area contributed by atoms with Crippen LogP contribution in [0.25, 0.3) is 0 Å². The van der Waals surface area contributed by atoms with Crippen molar-refractivity contribution in [3.8, 4) is 0 Å². The molecule has 1 amide bonds. The number of anilines is 1. The van der Waals surface area contributed by atoms with Gasteiger partial charge >= 0.3 is 6.09 Å². The highest BCUT2D eigenvalue weighted by Crippen LogP contribution is 2.14. The molecule has 0 saturated heterocycles. The van der Waals surface area contributed by atoms with Crippen LogP contribution >= 0.6 is 0 Å². The molecule has 0 radical (unpaired) electrons. The molecule has 0 heterocycles. The van der Waals surface area contributed by atoms with Gasteiger partial charge in [-0.25, -0.2) is 4.79 Å². The van der Waals surface area contributed by atoms with E-state index in [1.807, 2.05) is 52.8 Å². The Bertz CT molecular complexity index is 450. The van der Waals surface area contributed by atoms with E-state index in [2.05, 4.69) is 5.32 Å². The topological polar surface area (TPSA) is 64.3 Å². The molecule has 0 bridgehead atoms. The first-order valence-electron chi connectivity index (χ1n) is 6.52. The summed E-state index contributed by atoms with van der Waals surface area (Å²) >= 11 is 0. The lowest BCUT2D eigenvalue weighted by molar-refractivity contribution is 0.0508. The van der Waals surface area contributed by atoms with E-state index in [1.54, 1.807) is 0 Å². The second-order valence-corrected chi connectivity index (χ2v) is 5.94. The van der Waals surface area contributed by atoms with E-state index in [-0.39, 0.29) is 12.1 Å². The molecule has 19 heavy (non-hydrogen) atoms. The van der Waals surface area contributed by atoms with Crippen LogP contribution in [0, 0.1) is 6.92 Å². The van der Waals surface area contributed by atoms with Crippen LogP contribution in [0.4, 0.5) is 10.5 Å². The van der Waals surface area contributed by atoms with Crippen molar-refractivity contribution in [3.63, 3.8) is 0 Å². The fourth-order valence-corrected chi connectivity index (χ4v) is 1.73. The second-order valence-electron chi connectivity index (χ2n) is 5.94. The first-order valence-corrected chi connectivity index (χ1v) is 6.52. The summed E-state index contributed by atoms with van der Waals surface area (Å²) in [6.07, 6.45) is 0.337. The monoisotopic (exact) mass is 264 g/mol. The summed E-state index contributed by atoms with van der Waals surface area (Å²) < 4.78 is 5.21. The molecule has 4 nitrogen and oxygen atoms in total. The molecule has 0 aliphatic heterocycles. The van der Waals surface area contributed by atoms with Crippen LogP contribution in [-0.2, 0) is 11.2 Å². The quantitative estimate of drug-likeness (QED) is 0.825. The Morgan fingerprint density at radius 2 is 2.05 bits per heavy atom. The molecule has 0 aliphatic rings. The van der Waals surface area contributed by atoms with Crippen LogP contribution in [0.2, 0.25) is 0 Å². The molecule has 0 aliphatic carbocycles. The highest BCUT2D eigenvalue weighted by atomic mass is 16.6. The molecule has 1 aromatic rings. The lowest BCUT2D eigenvalue weighted by Gasteiger charge is -2.22. The van der Waals surface area contributed by atoms with Crippen LogP contribution in [0.1, 0.15) is 38.8 Å². The first-order chi connectivity index (χ1) is 8.67. The highest BCUT2D eigenvalue weighted by Gasteiger charge is 2.17. The zero-order valence-electron chi connectivity index (χ0n) is 12.4. The lowest BCUT2D eigenvalue weighted by Crippen LogP contribution is -2.38. The number of hydrogen-bond acceptors (Lipinski definition) is 3. The van der Waals surface area contributed by atoms with Crippen molar-refractivity contribution in [2.45, 2.75) is 52.7 Å². The van der Waals surface area contributed by atoms with Gasteiger partial charge in [0.2, 0.25) is 0 Å². The van der Waals surface area contributed by atoms with E-state index < -0.39 is 5.60 Å². The summed E-state index contributed by atoms with van der Waals surface area (Å²) in [4.78, 5) is 11.6. The third-order valence-electron chi connectivity index (χ3n) is 2.65. The van der Waals surface area contributed by atoms with E-state index in [0.29, 0.717) is 0 Å². The normalized spacial score (nSPS) is 12.9. The number of rotatable bonds is 3. The van der Waals surface area contributed by atoms with Gasteiger partial charge in [0.15, 0.2) is 0 Å². The van der Waals surface area contributed by atoms with Crippen LogP contribution < -0.4 is 11.1 Å². The molecule has 0 aromatic heterocycles. The van der Waals surface area contributed by atoms with E-state index in [9.17, 15) is 4.79 Å². The molecule has 4 heteroatoms. The Labute approximate surface area is 115 Å². The number of nitrogen functional groups attached to an aromatic ring is 1. The van der Waals surface area contributed by atoms with Gasteiger partial charge in [-0.05, 0) is 58.2 Å². The van der Waals surface area contributed by atoms with Crippen LogP contribution in [0.3, 0.4) is 0 Å². The number of hydrogen-bond donors (Lipinski definition) is 2. The molecule has 3 N–H and O–H groups in total. The Morgan fingerprint density at radius 1 is 1.42 bits per heavy atom. The first kappa shape index (κ1) is 15.3. The number of aryl methyl sites for hydroxylation is 1. The Kier molecular flexibility index (Phi) is 4.81. The fourth-order valence-electron chi connectivity index (χ4n) is 1.73. The number of amides is 1. The van der Waals surface area contributed by atoms with Crippen molar-refractivity contribution in [1.29, 1.82) is 0 Å². The molecule has 1 atom stereocenters. The molecule has 0 fully saturated rings. The van der Waals surface area contributed by atoms with Gasteiger partial charge in [0.25, 0.3) is 0 Å². The van der Waals surface area contributed by atoms with Gasteiger partial charge < -0.3 is 15.8 Å². The standard InChI is InChI=1S/C15H24N2O2/c1-10-6-7-12(9-13(10)16)8-11(2)17-14(18)19-15(3,4)5/h6-7,9,11H,8,16H2,1-5H3,(H,17,18). The molecular formula is C15H24N2O2. The Balaban J connectivity index is 2.53. The predicted molar refractivity (Wildman–Crippen MR) is 78.1 cm³/mol. The summed E-state index contributed by atoms with van der Waals surface area (Å²) in [7, 11) is 0. The largest absolute Gasteiger partial charge is 0.444 e. The van der Waals surface area contributed by atoms with E-state index in [4.69, 9.17) is 10.5 Å². The van der Waals surface area contributed by atoms with Crippen molar-refractivity contribution in [2.75, 3.05) is 5.73 Å². The number of benzene rings is 1. The molecule has 1 unspecified atom stereocenters. The number of nitrogens with two attached hydrogens (primary N) is 1. The molecule has 1 aromatic carbocycles. The maximum absolute atomic E-state index is 11.6. The summed E-state index contributed by atoms with van der Waals surface area (Å²) in [6, 6.07) is 5.96. The third-order valence-corrected chi connectivity index (χ3v) is 2.65. The van der Waals surface area contributed by atoms with Gasteiger partial charge in [-0.3, -0.25) is 0 Å². The summed E-state index contributed by atoms with van der Waals surface area (Å²) in [5, 5.41) is 2.82. The van der Waals surface area contributed by atoms with Gasteiger partial charge in [-0.2, -0.15) is 0 Å². The van der Waals surface area contributed by atoms with Crippen molar-refractivity contribution in [3.05, 3.63) is 29.3 Å². The predicted octanol–water partition coefficient (Wildman–Crippen LogP) is 3.03. The van der Waals surface area contributed by atoms with Gasteiger partial charge in [0.05, 0.1) is 0 Å². The smallest absolute Gasteiger partial charge is 0.407 e. The Morgan fingerprint density at radius 3 is 2.58 bits per heavy atom. The minimum atomic E-state index is -0.474. The highest BCUT2D eigenvalue weighted by molar-refractivity contribution is 5.68. The summed E-state index contributed by atoms with van der Waals surface area (Å²) in [6.45, 7) is 9.45. The maximum Gasteiger partial charge on any atom is 0.407 e. The maximum atomic E-state index is 11.6. The minimum Gasteiger partial charge on any atom is -0.444 e. The number of nitrogens with one attached hydrogen (secondary N) is 1. The van der Waals surface area contributed by atoms with E-state index >= 15 is 0 Å². The molecule has 106 valence electrons. The van der Waals surface area contributed by atoms with Crippen LogP contribution in [0.5, 0.6) is 0 Å². The van der Waals surface area contributed by atoms with E-state index in [0.717, 1.165) is 23.2 Å². The van der Waals surface area contributed by atoms with Crippen molar-refractivity contribution >= 4 is 11.8 Å². The molecule has 0 saturated carbocycles. The number of carbonyl (C=O) groups excluding carboxylic acids is 1. The molecular weight excluding hydrogens is 240 g/mol.